The summed E-state index contributed by atoms with van der Waals surface area (Å²) in [6, 6.07) is 2.67. The number of aliphatic imine (C=N–C) groups is 3. The minimum atomic E-state index is -5.32. The van der Waals surface area contributed by atoms with Crippen LogP contribution < -0.4 is 44.2 Å². The number of nitrogens with two attached hydrogens (primary N) is 5. The molecule has 30 heteroatoms. The van der Waals surface area contributed by atoms with E-state index in [9.17, 15) is 53.2 Å². The maximum absolute atomic E-state index is 14.4. The number of aromatic nitrogens is 2. The molecule has 0 aliphatic carbocycles. The molecule has 7 heterocycles. The van der Waals surface area contributed by atoms with Crippen LogP contribution in [0.5, 0.6) is 0 Å². The Kier molecular flexibility index (Phi) is 23.6. The molecule has 2 aromatic rings. The van der Waals surface area contributed by atoms with Crippen molar-refractivity contribution in [3.63, 3.8) is 0 Å². The summed E-state index contributed by atoms with van der Waals surface area (Å²) in [5, 5.41) is 39.1. The van der Waals surface area contributed by atoms with E-state index >= 15 is 0 Å². The molecular formula is C64H90CoN14O14P. The largest absolute Gasteiger partial charge is 3.00 e. The van der Waals surface area contributed by atoms with Gasteiger partial charge < -0.3 is 89.9 Å². The van der Waals surface area contributed by atoms with Crippen molar-refractivity contribution in [3.8, 4) is 0 Å². The third kappa shape index (κ3) is 14.7. The van der Waals surface area contributed by atoms with E-state index in [1.165, 1.54) is 17.8 Å². The summed E-state index contributed by atoms with van der Waals surface area (Å²) in [6.45, 7) is 23.9. The third-order valence-electron chi connectivity index (χ3n) is 20.7. The number of aliphatic hydroxyl groups is 2. The molecule has 2 fully saturated rings. The number of hydrogen-bond donors (Lipinski definition) is 9. The fraction of sp³-hybridized carbons (Fsp3) is 0.625. The van der Waals surface area contributed by atoms with E-state index in [1.54, 1.807) is 14.0 Å². The van der Waals surface area contributed by atoms with Crippen molar-refractivity contribution in [3.05, 3.63) is 75.8 Å². The second-order valence-electron chi connectivity index (χ2n) is 27.2. The molecule has 6 aliphatic rings. The van der Waals surface area contributed by atoms with Crippen molar-refractivity contribution >= 4 is 77.3 Å². The van der Waals surface area contributed by atoms with Crippen molar-refractivity contribution in [2.45, 2.75) is 189 Å². The normalized spacial score (nSPS) is 32.9. The molecule has 1 aromatic heterocycles. The molecule has 8 bridgehead atoms. The number of benzene rings is 1. The van der Waals surface area contributed by atoms with Gasteiger partial charge in [-0.05, 0) is 119 Å². The molecule has 0 radical (unpaired) electrons. The summed E-state index contributed by atoms with van der Waals surface area (Å²) < 4.78 is 31.9. The molecule has 8 rings (SSSR count). The van der Waals surface area contributed by atoms with Crippen LogP contribution in [0.4, 0.5) is 0 Å². The van der Waals surface area contributed by atoms with E-state index in [1.807, 2.05) is 80.5 Å². The number of aliphatic hydroxyl groups excluding tert-OH is 2. The van der Waals surface area contributed by atoms with E-state index in [2.05, 4.69) is 15.6 Å². The first kappa shape index (κ1) is 76.0. The van der Waals surface area contributed by atoms with E-state index in [4.69, 9.17) is 74.6 Å². The van der Waals surface area contributed by atoms with Crippen LogP contribution in [-0.4, -0.2) is 134 Å². The first-order valence-corrected chi connectivity index (χ1v) is 32.6. The number of carbonyl (C=O) groups excluding carboxylic acids is 7. The number of phosphoric ester groups is 1. The number of allylic oxidation sites excluding steroid dienone is 6. The SMILES string of the molecule is CNC(=O)CCC1C2=NC(=C\C3=NC(=C(/C)C4=NC(C)(C5[N-]/C(=C\2C)C(C)(CCC(=O)NCC(C)OP(=O)([O-])O[C@H]2[C@@H](O)[C@@H](n6cnc7cc(C)c(C)cc76)O[C@@H]2CO)C5CC(N)=O)C(C)(CC(N)=O)C4CCC(N)=O)/C(C)(CC(N)=O)C3CCC(N)=O)/C1(C)C.[C-]#N.[Co+3]. The van der Waals surface area contributed by atoms with Gasteiger partial charge in [-0.15, -0.1) is 0 Å². The standard InChI is InChI=1S/C63H92N13O14P.CN.Co/c1-30-21-40-41(22-31(30)2)76(29-71-40)58-53(85)54(42(28-77)88-58)90-91(86,87)89-32(3)27-70-50(84)19-20-60(8)38(23-46(66)80)57-63(11)62(10,26-48(68)82)37(14-17-45(65)79)52(75-63)34(5)56-61(9,25-47(67)81)35(13-16-44(64)78)39(72-56)24-43-59(6,7)36(15-18-49(83)69-12)51(73-43)33(4)55(60)74-57;1-2;/h21-22,24,29,32,35-38,42,53-54,57-58,77,85H,13-20,23,25-28H2,1-12H3,(H14,64,65,66,67,68,69,70,72,73,74,75,78,79,80,81,82,83,84,86,87);;/q;-1;+3/p-2/t32?,35?,36?,37?,38?,42-,53-,54-,57?,58+,60?,61?,62?,63?;;/m1../s1. The predicted molar refractivity (Wildman–Crippen MR) is 341 cm³/mol. The Morgan fingerprint density at radius 1 is 0.819 bits per heavy atom. The van der Waals surface area contributed by atoms with Gasteiger partial charge in [-0.25, -0.2) is 4.98 Å². The zero-order valence-corrected chi connectivity index (χ0v) is 57.3. The fourth-order valence-corrected chi connectivity index (χ4v) is 16.6. The fourth-order valence-electron chi connectivity index (χ4n) is 15.4. The number of nitrogens with zero attached hydrogens (tertiary/aromatic N) is 7. The van der Waals surface area contributed by atoms with Gasteiger partial charge in [0.1, 0.15) is 18.3 Å². The Hall–Kier alpha value is -7.00. The topological polar surface area (TPSA) is 475 Å². The van der Waals surface area contributed by atoms with Gasteiger partial charge in [0.2, 0.25) is 41.4 Å². The predicted octanol–water partition coefficient (Wildman–Crippen LogP) is 3.67. The maximum atomic E-state index is 14.4. The molecule has 14 N–H and O–H groups in total. The van der Waals surface area contributed by atoms with Crippen molar-refractivity contribution in [1.82, 2.24) is 20.2 Å². The smallest absolute Gasteiger partial charge is 0.756 e. The number of fused-ring (bicyclic) bond motifs is 7. The molecule has 2 saturated heterocycles. The summed E-state index contributed by atoms with van der Waals surface area (Å²) in [6.07, 6.45) is -4.47. The number of rotatable bonds is 26. The number of carbonyl (C=O) groups is 7. The van der Waals surface area contributed by atoms with E-state index in [0.29, 0.717) is 56.4 Å². The molecule has 15 atom stereocenters. The van der Waals surface area contributed by atoms with Gasteiger partial charge in [-0.3, -0.25) is 53.1 Å². The minimum absolute atomic E-state index is 0. The molecule has 6 aliphatic heterocycles. The molecule has 28 nitrogen and oxygen atoms in total. The number of primary amides is 5. The number of aryl methyl sites for hydroxylation is 2. The average molecular weight is 1370 g/mol. The molecule has 94 heavy (non-hydrogen) atoms. The summed E-state index contributed by atoms with van der Waals surface area (Å²) in [5.74, 6) is -6.96. The van der Waals surface area contributed by atoms with Gasteiger partial charge >= 0.3 is 16.8 Å². The summed E-state index contributed by atoms with van der Waals surface area (Å²) in [4.78, 5) is 129. The zero-order valence-electron chi connectivity index (χ0n) is 55.4. The summed E-state index contributed by atoms with van der Waals surface area (Å²) in [5.41, 5.74) is 31.1. The molecule has 1 aromatic carbocycles. The first-order valence-electron chi connectivity index (χ1n) is 31.2. The van der Waals surface area contributed by atoms with Crippen molar-refractivity contribution in [2.75, 3.05) is 20.2 Å². The van der Waals surface area contributed by atoms with Gasteiger partial charge in [0.25, 0.3) is 7.82 Å². The zero-order chi connectivity index (χ0) is 69.4. The number of nitrogens with one attached hydrogen (secondary N) is 2. The van der Waals surface area contributed by atoms with Crippen LogP contribution in [0.2, 0.25) is 0 Å². The summed E-state index contributed by atoms with van der Waals surface area (Å²) >= 11 is 0. The molecule has 0 saturated carbocycles. The van der Waals surface area contributed by atoms with E-state index in [0.717, 1.165) is 11.1 Å². The van der Waals surface area contributed by atoms with Gasteiger partial charge in [0, 0.05) is 115 Å². The van der Waals surface area contributed by atoms with Crippen molar-refractivity contribution in [1.29, 1.82) is 5.26 Å². The quantitative estimate of drug-likeness (QED) is 0.0479. The van der Waals surface area contributed by atoms with E-state index < -0.39 is 137 Å². The minimum Gasteiger partial charge on any atom is -0.756 e. The molecular weight excluding hydrogens is 1280 g/mol. The second kappa shape index (κ2) is 29.1. The van der Waals surface area contributed by atoms with Gasteiger partial charge in [-0.1, -0.05) is 40.7 Å². The molecule has 7 amide bonds. The third-order valence-corrected chi connectivity index (χ3v) is 21.9. The van der Waals surface area contributed by atoms with Crippen LogP contribution >= 0.6 is 7.82 Å². The van der Waals surface area contributed by atoms with Crippen LogP contribution in [0.3, 0.4) is 0 Å². The second-order valence-corrected chi connectivity index (χ2v) is 28.5. The number of phosphoric acid groups is 1. The maximum Gasteiger partial charge on any atom is 3.00 e. The monoisotopic (exact) mass is 1370 g/mol. The molecule has 0 spiro atoms. The van der Waals surface area contributed by atoms with Crippen LogP contribution in [0.1, 0.15) is 150 Å². The number of amides is 7. The average Bonchev–Trinajstić information content (AvgIpc) is 1.53. The van der Waals surface area contributed by atoms with Gasteiger partial charge in [0.05, 0.1) is 41.3 Å². The number of imidazole rings is 1. The summed E-state index contributed by atoms with van der Waals surface area (Å²) in [7, 11) is -3.78. The van der Waals surface area contributed by atoms with Gasteiger partial charge in [0.15, 0.2) is 6.23 Å². The van der Waals surface area contributed by atoms with Crippen molar-refractivity contribution < 1.29 is 83.8 Å². The Morgan fingerprint density at radius 3 is 2.01 bits per heavy atom. The van der Waals surface area contributed by atoms with E-state index in [-0.39, 0.29) is 99.9 Å². The number of hydrogen-bond acceptors (Lipinski definition) is 19. The Balaban J connectivity index is 0.00000462. The first-order chi connectivity index (χ1) is 43.4. The van der Waals surface area contributed by atoms with Gasteiger partial charge in [-0.2, -0.15) is 5.70 Å². The Morgan fingerprint density at radius 2 is 1.43 bits per heavy atom. The van der Waals surface area contributed by atoms with Crippen molar-refractivity contribution in [2.24, 2.45) is 89.0 Å². The Bertz CT molecular complexity index is 3620. The van der Waals surface area contributed by atoms with Crippen LogP contribution in [0, 0.1) is 71.0 Å². The number of ether oxygens (including phenoxy) is 1. The van der Waals surface area contributed by atoms with Crippen LogP contribution in [-0.2, 0) is 68.7 Å². The molecule has 11 unspecified atom stereocenters. The van der Waals surface area contributed by atoms with Crippen LogP contribution in [0.15, 0.2) is 67.8 Å². The Labute approximate surface area is 558 Å². The molecule has 514 valence electrons. The van der Waals surface area contributed by atoms with Crippen LogP contribution in [0.25, 0.3) is 16.4 Å².